The zero-order valence-corrected chi connectivity index (χ0v) is 6.71. The van der Waals surface area contributed by atoms with Gasteiger partial charge in [0, 0.05) is 7.05 Å². The van der Waals surface area contributed by atoms with Crippen molar-refractivity contribution >= 4 is 18.3 Å². The minimum atomic E-state index is -0.741. The van der Waals surface area contributed by atoms with Crippen LogP contribution in [-0.4, -0.2) is 18.5 Å². The van der Waals surface area contributed by atoms with Gasteiger partial charge in [-0.05, 0) is 13.8 Å². The average Bonchev–Trinajstić information content (AvgIpc) is 1.62. The Labute approximate surface area is 61.4 Å². The van der Waals surface area contributed by atoms with Crippen molar-refractivity contribution in [2.75, 3.05) is 7.05 Å². The minimum absolute atomic E-state index is 0. The Bertz CT molecular complexity index is 97.6. The summed E-state index contributed by atoms with van der Waals surface area (Å²) in [6.45, 7) is 3.32. The molecule has 1 amide bonds. The van der Waals surface area contributed by atoms with E-state index in [1.54, 1.807) is 20.9 Å². The molecule has 9 heavy (non-hydrogen) atoms. The van der Waals surface area contributed by atoms with Gasteiger partial charge in [-0.25, -0.2) is 0 Å². The van der Waals surface area contributed by atoms with Gasteiger partial charge in [0.05, 0.1) is 5.54 Å². The van der Waals surface area contributed by atoms with E-state index < -0.39 is 5.54 Å². The summed E-state index contributed by atoms with van der Waals surface area (Å²) in [7, 11) is 1.57. The van der Waals surface area contributed by atoms with Gasteiger partial charge in [0.25, 0.3) is 0 Å². The highest BCUT2D eigenvalue weighted by molar-refractivity contribution is 5.85. The van der Waals surface area contributed by atoms with E-state index in [2.05, 4.69) is 5.32 Å². The van der Waals surface area contributed by atoms with Crippen molar-refractivity contribution in [2.24, 2.45) is 5.73 Å². The third kappa shape index (κ3) is 4.24. The smallest absolute Gasteiger partial charge is 0.239 e. The molecule has 0 radical (unpaired) electrons. The third-order valence-electron chi connectivity index (χ3n) is 0.812. The molecule has 0 saturated carbocycles. The van der Waals surface area contributed by atoms with Crippen molar-refractivity contribution in [2.45, 2.75) is 19.4 Å². The maximum Gasteiger partial charge on any atom is 0.239 e. The number of carbonyl (C=O) groups is 1. The van der Waals surface area contributed by atoms with E-state index in [0.717, 1.165) is 0 Å². The highest BCUT2D eigenvalue weighted by Gasteiger charge is 2.19. The topological polar surface area (TPSA) is 55.1 Å². The van der Waals surface area contributed by atoms with Crippen LogP contribution in [0.5, 0.6) is 0 Å². The average molecular weight is 153 g/mol. The maximum atomic E-state index is 10.6. The number of nitrogens with one attached hydrogen (secondary N) is 1. The fourth-order valence-electron chi connectivity index (χ4n) is 0.322. The number of likely N-dealkylation sites (N-methyl/N-ethyl adjacent to an activating group) is 1. The zero-order valence-electron chi connectivity index (χ0n) is 5.89. The van der Waals surface area contributed by atoms with E-state index in [1.807, 2.05) is 0 Å². The Morgan fingerprint density at radius 1 is 1.56 bits per heavy atom. The van der Waals surface area contributed by atoms with Gasteiger partial charge in [0.15, 0.2) is 0 Å². The van der Waals surface area contributed by atoms with Crippen LogP contribution in [0.4, 0.5) is 0 Å². The quantitative estimate of drug-likeness (QED) is 0.551. The van der Waals surface area contributed by atoms with Crippen molar-refractivity contribution in [3.05, 3.63) is 0 Å². The lowest BCUT2D eigenvalue weighted by atomic mass is 10.1. The van der Waals surface area contributed by atoms with Gasteiger partial charge in [0.2, 0.25) is 5.91 Å². The summed E-state index contributed by atoms with van der Waals surface area (Å²) in [4.78, 5) is 10.6. The molecule has 0 aromatic carbocycles. The molecule has 0 saturated heterocycles. The van der Waals surface area contributed by atoms with Gasteiger partial charge in [-0.2, -0.15) is 0 Å². The number of amides is 1. The van der Waals surface area contributed by atoms with Crippen molar-refractivity contribution in [3.8, 4) is 0 Å². The predicted molar refractivity (Wildman–Crippen MR) is 39.6 cm³/mol. The second kappa shape index (κ2) is 3.69. The summed E-state index contributed by atoms with van der Waals surface area (Å²) in [5.74, 6) is -0.141. The summed E-state index contributed by atoms with van der Waals surface area (Å²) < 4.78 is 0. The molecule has 3 N–H and O–H groups in total. The number of nitrogens with two attached hydrogens (primary N) is 1. The molecule has 0 fully saturated rings. The van der Waals surface area contributed by atoms with Crippen LogP contribution in [0.1, 0.15) is 13.8 Å². The van der Waals surface area contributed by atoms with Gasteiger partial charge in [-0.15, -0.1) is 12.4 Å². The van der Waals surface area contributed by atoms with Crippen molar-refractivity contribution in [1.29, 1.82) is 0 Å². The summed E-state index contributed by atoms with van der Waals surface area (Å²) in [6.07, 6.45) is 0. The van der Waals surface area contributed by atoms with E-state index in [-0.39, 0.29) is 18.3 Å². The number of hydrogen-bond acceptors (Lipinski definition) is 2. The molecule has 0 spiro atoms. The van der Waals surface area contributed by atoms with E-state index in [1.165, 1.54) is 0 Å². The Hall–Kier alpha value is -0.280. The molecule has 0 bridgehead atoms. The van der Waals surface area contributed by atoms with Crippen LogP contribution in [0.3, 0.4) is 0 Å². The summed E-state index contributed by atoms with van der Waals surface area (Å²) >= 11 is 0. The fraction of sp³-hybridized carbons (Fsp3) is 0.800. The minimum Gasteiger partial charge on any atom is -0.358 e. The molecule has 0 aromatic heterocycles. The summed E-state index contributed by atoms with van der Waals surface area (Å²) in [5.41, 5.74) is 4.64. The summed E-state index contributed by atoms with van der Waals surface area (Å²) in [5, 5.41) is 2.44. The van der Waals surface area contributed by atoms with Gasteiger partial charge >= 0.3 is 0 Å². The summed E-state index contributed by atoms with van der Waals surface area (Å²) in [6, 6.07) is 0. The first-order chi connectivity index (χ1) is 3.48. The van der Waals surface area contributed by atoms with Crippen molar-refractivity contribution in [1.82, 2.24) is 5.32 Å². The fourth-order valence-corrected chi connectivity index (χ4v) is 0.322. The molecule has 3 nitrogen and oxygen atoms in total. The Kier molecular flexibility index (Phi) is 4.72. The molecule has 0 aliphatic rings. The normalized spacial score (nSPS) is 9.78. The zero-order chi connectivity index (χ0) is 6.78. The lowest BCUT2D eigenvalue weighted by Gasteiger charge is -2.14. The Morgan fingerprint density at radius 3 is 1.89 bits per heavy atom. The molecule has 0 atom stereocenters. The van der Waals surface area contributed by atoms with Crippen LogP contribution in [-0.2, 0) is 4.79 Å². The van der Waals surface area contributed by atoms with Gasteiger partial charge in [-0.3, -0.25) is 4.79 Å². The second-order valence-corrected chi connectivity index (χ2v) is 2.30. The van der Waals surface area contributed by atoms with Crippen molar-refractivity contribution < 1.29 is 4.79 Å². The molecular weight excluding hydrogens is 140 g/mol. The van der Waals surface area contributed by atoms with Crippen LogP contribution in [0.2, 0.25) is 0 Å². The lowest BCUT2D eigenvalue weighted by Crippen LogP contribution is -2.47. The van der Waals surface area contributed by atoms with E-state index >= 15 is 0 Å². The highest BCUT2D eigenvalue weighted by Crippen LogP contribution is 1.93. The van der Waals surface area contributed by atoms with Crippen LogP contribution in [0.15, 0.2) is 0 Å². The molecule has 0 aliphatic heterocycles. The van der Waals surface area contributed by atoms with E-state index in [9.17, 15) is 4.79 Å². The third-order valence-corrected chi connectivity index (χ3v) is 0.812. The van der Waals surface area contributed by atoms with Crippen molar-refractivity contribution in [3.63, 3.8) is 0 Å². The molecule has 0 heterocycles. The molecule has 0 unspecified atom stereocenters. The molecule has 0 aliphatic carbocycles. The monoisotopic (exact) mass is 152 g/mol. The molecule has 0 aromatic rings. The number of rotatable bonds is 1. The SMILES string of the molecule is CNC(=O)C(C)(C)N.Cl. The predicted octanol–water partition coefficient (Wildman–Crippen LogP) is -0.109. The lowest BCUT2D eigenvalue weighted by molar-refractivity contribution is -0.124. The Morgan fingerprint density at radius 2 is 1.89 bits per heavy atom. The largest absolute Gasteiger partial charge is 0.358 e. The van der Waals surface area contributed by atoms with Gasteiger partial charge < -0.3 is 11.1 Å². The first-order valence-corrected chi connectivity index (χ1v) is 2.49. The van der Waals surface area contributed by atoms with E-state index in [0.29, 0.717) is 0 Å². The Balaban J connectivity index is 0. The van der Waals surface area contributed by atoms with Crippen LogP contribution >= 0.6 is 12.4 Å². The first-order valence-electron chi connectivity index (χ1n) is 2.49. The molecule has 56 valence electrons. The first kappa shape index (κ1) is 11.5. The van der Waals surface area contributed by atoms with Gasteiger partial charge in [0.1, 0.15) is 0 Å². The van der Waals surface area contributed by atoms with Crippen LogP contribution in [0, 0.1) is 0 Å². The second-order valence-electron chi connectivity index (χ2n) is 2.30. The number of hydrogen-bond donors (Lipinski definition) is 2. The van der Waals surface area contributed by atoms with Crippen LogP contribution < -0.4 is 11.1 Å². The highest BCUT2D eigenvalue weighted by atomic mass is 35.5. The number of halogens is 1. The molecular formula is C5H13ClN2O. The maximum absolute atomic E-state index is 10.6. The van der Waals surface area contributed by atoms with Gasteiger partial charge in [-0.1, -0.05) is 0 Å². The van der Waals surface area contributed by atoms with E-state index in [4.69, 9.17) is 5.73 Å². The van der Waals surface area contributed by atoms with Crippen LogP contribution in [0.25, 0.3) is 0 Å². The number of carbonyl (C=O) groups excluding carboxylic acids is 1. The molecule has 4 heteroatoms. The standard InChI is InChI=1S/C5H12N2O.ClH/c1-5(2,6)4(8)7-3;/h6H2,1-3H3,(H,7,8);1H. The molecule has 0 rings (SSSR count).